The lowest BCUT2D eigenvalue weighted by Gasteiger charge is -2.09. The van der Waals surface area contributed by atoms with E-state index in [1.165, 1.54) is 18.2 Å². The lowest BCUT2D eigenvalue weighted by atomic mass is 10.2. The van der Waals surface area contributed by atoms with Crippen LogP contribution in [0.4, 0.5) is 5.69 Å². The number of aromatic amines is 1. The first kappa shape index (κ1) is 16.1. The van der Waals surface area contributed by atoms with E-state index in [1.807, 2.05) is 0 Å². The number of nitrogens with one attached hydrogen (secondary N) is 2. The summed E-state index contributed by atoms with van der Waals surface area (Å²) >= 11 is 0. The minimum absolute atomic E-state index is 0.00724. The van der Waals surface area contributed by atoms with Crippen molar-refractivity contribution < 1.29 is 19.2 Å². The predicted molar refractivity (Wildman–Crippen MR) is 78.6 cm³/mol. The molecule has 120 valence electrons. The van der Waals surface area contributed by atoms with Gasteiger partial charge in [0.2, 0.25) is 0 Å². The number of aromatic nitrogens is 1. The second-order valence-corrected chi connectivity index (χ2v) is 4.56. The molecule has 10 heteroatoms. The van der Waals surface area contributed by atoms with E-state index in [0.717, 1.165) is 7.11 Å². The third kappa shape index (κ3) is 3.48. The van der Waals surface area contributed by atoms with Crippen molar-refractivity contribution in [2.75, 3.05) is 7.11 Å². The number of esters is 1. The number of amides is 1. The molecule has 10 nitrogen and oxygen atoms in total. The maximum absolute atomic E-state index is 12.1. The summed E-state index contributed by atoms with van der Waals surface area (Å²) in [5.41, 5.74) is 0.0141. The van der Waals surface area contributed by atoms with Gasteiger partial charge in [-0.3, -0.25) is 19.7 Å². The van der Waals surface area contributed by atoms with Crippen LogP contribution in [0.5, 0.6) is 0 Å². The number of H-pyrrole nitrogens is 1. The van der Waals surface area contributed by atoms with Crippen LogP contribution in [-0.4, -0.2) is 35.1 Å². The predicted octanol–water partition coefficient (Wildman–Crippen LogP) is 1.46. The molecule has 0 saturated carbocycles. The Morgan fingerprint density at radius 1 is 1.48 bits per heavy atom. The molecular formula is C13H12N4O6. The number of rotatable bonds is 6. The third-order valence-corrected chi connectivity index (χ3v) is 3.09. The molecule has 2 N–H and O–H groups in total. The lowest BCUT2D eigenvalue weighted by molar-refractivity contribution is -0.383. The smallest absolute Gasteiger partial charge is 0.309 e. The molecule has 0 fully saturated rings. The fraction of sp³-hybridized carbons (Fsp3) is 0.231. The number of nitrogens with zero attached hydrogens (tertiary/aromatic N) is 2. The monoisotopic (exact) mass is 320 g/mol. The Labute approximate surface area is 128 Å². The molecule has 0 aliphatic carbocycles. The zero-order valence-electron chi connectivity index (χ0n) is 11.9. The molecule has 0 saturated heterocycles. The number of hydrogen-bond donors (Lipinski definition) is 2. The van der Waals surface area contributed by atoms with Crippen molar-refractivity contribution in [1.82, 2.24) is 10.3 Å². The average Bonchev–Trinajstić information content (AvgIpc) is 2.97. The lowest BCUT2D eigenvalue weighted by Crippen LogP contribution is -2.35. The van der Waals surface area contributed by atoms with Crippen LogP contribution < -0.4 is 5.32 Å². The second-order valence-electron chi connectivity index (χ2n) is 4.56. The van der Waals surface area contributed by atoms with Crippen molar-refractivity contribution in [3.8, 4) is 0 Å². The molecule has 1 atom stereocenters. The third-order valence-electron chi connectivity index (χ3n) is 3.09. The summed E-state index contributed by atoms with van der Waals surface area (Å²) in [6.07, 6.45) is -1.71. The zero-order valence-corrected chi connectivity index (χ0v) is 11.9. The standard InChI is InChI=1S/C13H12N4O6/c1-23-11(18)6-10(16-20)15-13(19)8-5-7-3-2-4-9(17(21)22)12(7)14-8/h2-5,10,14H,6H2,1H3,(H,15,19). The van der Waals surface area contributed by atoms with Crippen molar-refractivity contribution in [2.45, 2.75) is 12.6 Å². The van der Waals surface area contributed by atoms with Crippen LogP contribution in [0.15, 0.2) is 29.4 Å². The van der Waals surface area contributed by atoms with Gasteiger partial charge < -0.3 is 15.0 Å². The molecule has 2 rings (SSSR count). The number of methoxy groups -OCH3 is 1. The first-order valence-corrected chi connectivity index (χ1v) is 6.42. The highest BCUT2D eigenvalue weighted by molar-refractivity contribution is 6.00. The molecule has 0 spiro atoms. The number of ether oxygens (including phenoxy) is 1. The van der Waals surface area contributed by atoms with Gasteiger partial charge in [-0.05, 0) is 11.2 Å². The fourth-order valence-electron chi connectivity index (χ4n) is 2.00. The second kappa shape index (κ2) is 6.64. The SMILES string of the molecule is COC(=O)CC(N=O)NC(=O)c1cc2cccc([N+](=O)[O-])c2[nH]1. The van der Waals surface area contributed by atoms with Gasteiger partial charge in [-0.25, -0.2) is 0 Å². The van der Waals surface area contributed by atoms with E-state index in [-0.39, 0.29) is 16.9 Å². The van der Waals surface area contributed by atoms with Gasteiger partial charge in [-0.15, -0.1) is 4.91 Å². The summed E-state index contributed by atoms with van der Waals surface area (Å²) in [4.78, 5) is 46.8. The molecule has 1 unspecified atom stereocenters. The van der Waals surface area contributed by atoms with E-state index in [1.54, 1.807) is 6.07 Å². The Hall–Kier alpha value is -3.30. The number of nitro groups is 1. The molecule has 0 aliphatic heterocycles. The molecular weight excluding hydrogens is 308 g/mol. The molecule has 1 aromatic heterocycles. The normalized spacial score (nSPS) is 11.7. The zero-order chi connectivity index (χ0) is 17.0. The number of nitro benzene ring substituents is 1. The van der Waals surface area contributed by atoms with E-state index in [4.69, 9.17) is 0 Å². The molecule has 1 heterocycles. The number of para-hydroxylation sites is 1. The van der Waals surface area contributed by atoms with Crippen LogP contribution in [0, 0.1) is 15.0 Å². The maximum Gasteiger partial charge on any atom is 0.309 e. The largest absolute Gasteiger partial charge is 0.469 e. The topological polar surface area (TPSA) is 144 Å². The highest BCUT2D eigenvalue weighted by Gasteiger charge is 2.21. The average molecular weight is 320 g/mol. The van der Waals surface area contributed by atoms with Crippen molar-refractivity contribution in [2.24, 2.45) is 5.18 Å². The quantitative estimate of drug-likeness (QED) is 0.357. The van der Waals surface area contributed by atoms with Gasteiger partial charge in [0.25, 0.3) is 11.6 Å². The Kier molecular flexibility index (Phi) is 4.64. The molecule has 1 amide bonds. The highest BCUT2D eigenvalue weighted by atomic mass is 16.6. The van der Waals surface area contributed by atoms with Crippen molar-refractivity contribution in [3.05, 3.63) is 45.0 Å². The molecule has 0 aliphatic rings. The van der Waals surface area contributed by atoms with E-state index < -0.39 is 29.4 Å². The highest BCUT2D eigenvalue weighted by Crippen LogP contribution is 2.25. The Morgan fingerprint density at radius 2 is 2.22 bits per heavy atom. The summed E-state index contributed by atoms with van der Waals surface area (Å²) in [6.45, 7) is 0. The van der Waals surface area contributed by atoms with Crippen LogP contribution in [0.2, 0.25) is 0 Å². The number of non-ortho nitro benzene ring substituents is 1. The van der Waals surface area contributed by atoms with Gasteiger partial charge in [0.15, 0.2) is 6.17 Å². The van der Waals surface area contributed by atoms with E-state index >= 15 is 0 Å². The first-order chi connectivity index (χ1) is 11.0. The van der Waals surface area contributed by atoms with Crippen molar-refractivity contribution in [1.29, 1.82) is 0 Å². The number of nitroso groups, excluding NO2 is 1. The van der Waals surface area contributed by atoms with Crippen LogP contribution in [-0.2, 0) is 9.53 Å². The molecule has 2 aromatic rings. The van der Waals surface area contributed by atoms with Crippen LogP contribution >= 0.6 is 0 Å². The number of benzene rings is 1. The first-order valence-electron chi connectivity index (χ1n) is 6.42. The van der Waals surface area contributed by atoms with Gasteiger partial charge in [0, 0.05) is 11.5 Å². The summed E-state index contributed by atoms with van der Waals surface area (Å²) in [7, 11) is 1.14. The van der Waals surface area contributed by atoms with Gasteiger partial charge in [0.05, 0.1) is 18.5 Å². The summed E-state index contributed by atoms with van der Waals surface area (Å²) in [5.74, 6) is -1.42. The summed E-state index contributed by atoms with van der Waals surface area (Å²) in [6, 6.07) is 5.79. The van der Waals surface area contributed by atoms with E-state index in [0.29, 0.717) is 5.39 Å². The number of hydrogen-bond acceptors (Lipinski definition) is 7. The van der Waals surface area contributed by atoms with Gasteiger partial charge in [-0.2, -0.15) is 0 Å². The number of fused-ring (bicyclic) bond motifs is 1. The molecule has 0 bridgehead atoms. The molecule has 1 aromatic carbocycles. The molecule has 0 radical (unpaired) electrons. The number of carbonyl (C=O) groups is 2. The van der Waals surface area contributed by atoms with Gasteiger partial charge in [0.1, 0.15) is 11.2 Å². The summed E-state index contributed by atoms with van der Waals surface area (Å²) < 4.78 is 4.39. The van der Waals surface area contributed by atoms with Crippen molar-refractivity contribution in [3.63, 3.8) is 0 Å². The Balaban J connectivity index is 2.24. The van der Waals surface area contributed by atoms with Gasteiger partial charge >= 0.3 is 5.97 Å². The Bertz CT molecular complexity index is 784. The van der Waals surface area contributed by atoms with E-state index in [2.05, 4.69) is 20.2 Å². The van der Waals surface area contributed by atoms with Crippen LogP contribution in [0.25, 0.3) is 10.9 Å². The molecule has 23 heavy (non-hydrogen) atoms. The van der Waals surface area contributed by atoms with Crippen molar-refractivity contribution >= 4 is 28.5 Å². The number of carbonyl (C=O) groups excluding carboxylic acids is 2. The van der Waals surface area contributed by atoms with E-state index in [9.17, 15) is 24.6 Å². The van der Waals surface area contributed by atoms with Gasteiger partial charge in [-0.1, -0.05) is 12.1 Å². The Morgan fingerprint density at radius 3 is 2.83 bits per heavy atom. The van der Waals surface area contributed by atoms with Crippen LogP contribution in [0.3, 0.4) is 0 Å². The summed E-state index contributed by atoms with van der Waals surface area (Å²) in [5, 5.41) is 16.3. The minimum Gasteiger partial charge on any atom is -0.469 e. The maximum atomic E-state index is 12.1. The minimum atomic E-state index is -1.30. The van der Waals surface area contributed by atoms with Crippen LogP contribution in [0.1, 0.15) is 16.9 Å². The fourth-order valence-corrected chi connectivity index (χ4v) is 2.00.